The van der Waals surface area contributed by atoms with Crippen LogP contribution in [0.15, 0.2) is 23.2 Å². The predicted molar refractivity (Wildman–Crippen MR) is 84.8 cm³/mol. The van der Waals surface area contributed by atoms with Crippen LogP contribution < -0.4 is 10.6 Å². The molecule has 0 aliphatic carbocycles. The first kappa shape index (κ1) is 18.4. The van der Waals surface area contributed by atoms with Gasteiger partial charge in [0.05, 0.1) is 13.2 Å². The van der Waals surface area contributed by atoms with Crippen LogP contribution in [0.3, 0.4) is 0 Å². The van der Waals surface area contributed by atoms with Crippen molar-refractivity contribution in [1.29, 1.82) is 0 Å². The van der Waals surface area contributed by atoms with Crippen molar-refractivity contribution in [3.05, 3.63) is 35.4 Å². The summed E-state index contributed by atoms with van der Waals surface area (Å²) in [5, 5.41) is 6.15. The summed E-state index contributed by atoms with van der Waals surface area (Å²) >= 11 is 0. The van der Waals surface area contributed by atoms with E-state index in [1.807, 2.05) is 6.92 Å². The Morgan fingerprint density at radius 3 is 2.73 bits per heavy atom. The fourth-order valence-corrected chi connectivity index (χ4v) is 1.73. The maximum Gasteiger partial charge on any atom is 0.191 e. The molecule has 0 aliphatic heterocycles. The van der Waals surface area contributed by atoms with Gasteiger partial charge in [-0.25, -0.2) is 13.8 Å². The number of nitrogens with zero attached hydrogens (tertiary/aromatic N) is 1. The van der Waals surface area contributed by atoms with Crippen molar-refractivity contribution < 1.29 is 13.5 Å². The van der Waals surface area contributed by atoms with Crippen LogP contribution in [-0.4, -0.2) is 32.3 Å². The molecule has 1 aromatic rings. The Balaban J connectivity index is 2.49. The van der Waals surface area contributed by atoms with Gasteiger partial charge in [0.15, 0.2) is 5.96 Å². The molecule has 22 heavy (non-hydrogen) atoms. The van der Waals surface area contributed by atoms with Crippen molar-refractivity contribution in [3.63, 3.8) is 0 Å². The van der Waals surface area contributed by atoms with Crippen molar-refractivity contribution in [2.75, 3.05) is 26.3 Å². The molecule has 0 amide bonds. The summed E-state index contributed by atoms with van der Waals surface area (Å²) in [4.78, 5) is 4.25. The number of nitrogens with one attached hydrogen (secondary N) is 2. The fourth-order valence-electron chi connectivity index (χ4n) is 1.73. The normalized spacial score (nSPS) is 11.8. The summed E-state index contributed by atoms with van der Waals surface area (Å²) in [5.74, 6) is 0.130. The second-order valence-electron chi connectivity index (χ2n) is 5.33. The molecule has 0 spiro atoms. The van der Waals surface area contributed by atoms with Crippen LogP contribution >= 0.6 is 0 Å². The largest absolute Gasteiger partial charge is 0.379 e. The maximum absolute atomic E-state index is 13.5. The van der Waals surface area contributed by atoms with Crippen molar-refractivity contribution in [1.82, 2.24) is 10.6 Å². The number of guanidine groups is 1. The minimum atomic E-state index is -0.466. The molecule has 0 atom stereocenters. The number of ether oxygens (including phenoxy) is 1. The summed E-state index contributed by atoms with van der Waals surface area (Å²) < 4.78 is 32.1. The molecule has 0 unspecified atom stereocenters. The molecule has 124 valence electrons. The lowest BCUT2D eigenvalue weighted by molar-refractivity contribution is 0.114. The molecule has 0 radical (unpaired) electrons. The minimum Gasteiger partial charge on any atom is -0.379 e. The lowest BCUT2D eigenvalue weighted by atomic mass is 10.2. The molecule has 0 fully saturated rings. The van der Waals surface area contributed by atoms with Crippen LogP contribution in [0, 0.1) is 17.6 Å². The minimum absolute atomic E-state index is 0.0752. The molecule has 1 rings (SSSR count). The zero-order valence-electron chi connectivity index (χ0n) is 13.5. The molecular formula is C16H25F2N3O. The highest BCUT2D eigenvalue weighted by atomic mass is 19.1. The molecule has 2 N–H and O–H groups in total. The van der Waals surface area contributed by atoms with Gasteiger partial charge in [0.2, 0.25) is 0 Å². The first-order valence-electron chi connectivity index (χ1n) is 7.56. The third-order valence-electron chi connectivity index (χ3n) is 2.75. The number of benzene rings is 1. The quantitative estimate of drug-likeness (QED) is 0.441. The second kappa shape index (κ2) is 10.1. The lowest BCUT2D eigenvalue weighted by Gasteiger charge is -2.12. The Morgan fingerprint density at radius 2 is 2.05 bits per heavy atom. The van der Waals surface area contributed by atoms with E-state index in [-0.39, 0.29) is 12.1 Å². The predicted octanol–water partition coefficient (Wildman–Crippen LogP) is 2.69. The van der Waals surface area contributed by atoms with Crippen molar-refractivity contribution in [2.24, 2.45) is 10.9 Å². The molecule has 0 saturated carbocycles. The van der Waals surface area contributed by atoms with E-state index in [1.54, 1.807) is 0 Å². The van der Waals surface area contributed by atoms with Crippen molar-refractivity contribution in [2.45, 2.75) is 27.3 Å². The fraction of sp³-hybridized carbons (Fsp3) is 0.562. The van der Waals surface area contributed by atoms with Crippen LogP contribution in [0.4, 0.5) is 8.78 Å². The van der Waals surface area contributed by atoms with E-state index in [1.165, 1.54) is 0 Å². The summed E-state index contributed by atoms with van der Waals surface area (Å²) in [5.41, 5.74) is 0.230. The smallest absolute Gasteiger partial charge is 0.191 e. The summed E-state index contributed by atoms with van der Waals surface area (Å²) in [6, 6.07) is 3.37. The highest BCUT2D eigenvalue weighted by Crippen LogP contribution is 2.10. The van der Waals surface area contributed by atoms with Crippen molar-refractivity contribution >= 4 is 5.96 Å². The zero-order chi connectivity index (χ0) is 16.4. The van der Waals surface area contributed by atoms with Crippen LogP contribution in [0.5, 0.6) is 0 Å². The molecule has 6 heteroatoms. The standard InChI is InChI=1S/C16H25F2N3O/c1-4-19-16(20-7-8-22-11-12(2)3)21-10-13-9-14(17)5-6-15(13)18/h5-6,9,12H,4,7-8,10-11H2,1-3H3,(H2,19,20,21). The molecule has 0 aromatic heterocycles. The van der Waals surface area contributed by atoms with E-state index >= 15 is 0 Å². The number of hydrogen-bond donors (Lipinski definition) is 2. The van der Waals surface area contributed by atoms with Gasteiger partial charge in [0.25, 0.3) is 0 Å². The maximum atomic E-state index is 13.5. The van der Waals surface area contributed by atoms with Gasteiger partial charge in [-0.1, -0.05) is 13.8 Å². The molecular weight excluding hydrogens is 288 g/mol. The van der Waals surface area contributed by atoms with Gasteiger partial charge in [0, 0.05) is 25.3 Å². The number of aliphatic imine (C=N–C) groups is 1. The number of hydrogen-bond acceptors (Lipinski definition) is 2. The van der Waals surface area contributed by atoms with Gasteiger partial charge in [-0.3, -0.25) is 0 Å². The van der Waals surface area contributed by atoms with E-state index in [4.69, 9.17) is 4.74 Å². The Kier molecular flexibility index (Phi) is 8.43. The SMILES string of the molecule is CCNC(=NCc1cc(F)ccc1F)NCCOCC(C)C. The van der Waals surface area contributed by atoms with Gasteiger partial charge in [-0.2, -0.15) is 0 Å². The molecule has 1 aromatic carbocycles. The van der Waals surface area contributed by atoms with E-state index in [9.17, 15) is 8.78 Å². The number of halogens is 2. The zero-order valence-corrected chi connectivity index (χ0v) is 13.5. The van der Waals surface area contributed by atoms with E-state index < -0.39 is 11.6 Å². The Labute approximate surface area is 131 Å². The highest BCUT2D eigenvalue weighted by Gasteiger charge is 2.04. The topological polar surface area (TPSA) is 45.7 Å². The number of rotatable bonds is 8. The summed E-state index contributed by atoms with van der Waals surface area (Å²) in [6.45, 7) is 8.76. The molecule has 0 saturated heterocycles. The van der Waals surface area contributed by atoms with Gasteiger partial charge < -0.3 is 15.4 Å². The van der Waals surface area contributed by atoms with Crippen LogP contribution in [0.1, 0.15) is 26.3 Å². The first-order chi connectivity index (χ1) is 10.5. The average Bonchev–Trinajstić information content (AvgIpc) is 2.47. The van der Waals surface area contributed by atoms with Crippen LogP contribution in [-0.2, 0) is 11.3 Å². The summed E-state index contributed by atoms with van der Waals surface area (Å²) in [6.07, 6.45) is 0. The first-order valence-corrected chi connectivity index (χ1v) is 7.56. The van der Waals surface area contributed by atoms with Crippen molar-refractivity contribution in [3.8, 4) is 0 Å². The Morgan fingerprint density at radius 1 is 1.27 bits per heavy atom. The van der Waals surface area contributed by atoms with E-state index in [2.05, 4.69) is 29.5 Å². The highest BCUT2D eigenvalue weighted by molar-refractivity contribution is 5.79. The van der Waals surface area contributed by atoms with Gasteiger partial charge in [0.1, 0.15) is 11.6 Å². The van der Waals surface area contributed by atoms with Crippen LogP contribution in [0.25, 0.3) is 0 Å². The van der Waals surface area contributed by atoms with Gasteiger partial charge in [-0.05, 0) is 31.0 Å². The van der Waals surface area contributed by atoms with Gasteiger partial charge >= 0.3 is 0 Å². The molecule has 4 nitrogen and oxygen atoms in total. The van der Waals surface area contributed by atoms with Crippen LogP contribution in [0.2, 0.25) is 0 Å². The molecule has 0 aliphatic rings. The van der Waals surface area contributed by atoms with E-state index in [0.717, 1.165) is 18.2 Å². The molecule has 0 heterocycles. The monoisotopic (exact) mass is 313 g/mol. The Hall–Kier alpha value is -1.69. The Bertz CT molecular complexity index is 478. The van der Waals surface area contributed by atoms with E-state index in [0.29, 0.717) is 38.2 Å². The lowest BCUT2D eigenvalue weighted by Crippen LogP contribution is -2.39. The average molecular weight is 313 g/mol. The third-order valence-corrected chi connectivity index (χ3v) is 2.75. The second-order valence-corrected chi connectivity index (χ2v) is 5.33. The third kappa shape index (κ3) is 7.36. The molecule has 0 bridgehead atoms. The summed E-state index contributed by atoms with van der Waals surface area (Å²) in [7, 11) is 0. The van der Waals surface area contributed by atoms with Gasteiger partial charge in [-0.15, -0.1) is 0 Å².